The number of rotatable bonds is 38. The molecule has 9 heteroatoms. The molecule has 1 aliphatic heterocycles. The van der Waals surface area contributed by atoms with Crippen LogP contribution in [-0.2, 0) is 14.3 Å². The van der Waals surface area contributed by atoms with Crippen molar-refractivity contribution >= 4 is 5.91 Å². The lowest BCUT2D eigenvalue weighted by Gasteiger charge is -2.40. The molecule has 0 saturated carbocycles. The van der Waals surface area contributed by atoms with E-state index in [1.54, 1.807) is 6.08 Å². The average Bonchev–Trinajstić information content (AvgIpc) is 3.21. The summed E-state index contributed by atoms with van der Waals surface area (Å²) in [5.74, 6) is -0.201. The van der Waals surface area contributed by atoms with Crippen LogP contribution in [0.15, 0.2) is 48.6 Å². The maximum Gasteiger partial charge on any atom is 0.220 e. The van der Waals surface area contributed by atoms with Gasteiger partial charge in [0, 0.05) is 6.42 Å². The number of aliphatic hydroxyl groups is 5. The lowest BCUT2D eigenvalue weighted by atomic mass is 9.99. The number of aliphatic hydroxyl groups excluding tert-OH is 5. The fraction of sp³-hybridized carbons (Fsp3) is 0.812. The maximum absolute atomic E-state index is 13.0. The van der Waals surface area contributed by atoms with Crippen LogP contribution in [0.4, 0.5) is 0 Å². The zero-order chi connectivity index (χ0) is 41.6. The highest BCUT2D eigenvalue weighted by atomic mass is 16.7. The molecule has 0 bridgehead atoms. The SMILES string of the molecule is CCCCCCCC/C=C/CC/C=C/CC/C=C/C(O)C(COC1OC(CO)C(O)C(O)C1O)NC(=O)CCCCCCC/C=C\CCCCCCCCCCC. The predicted octanol–water partition coefficient (Wildman–Crippen LogP) is 9.84. The summed E-state index contributed by atoms with van der Waals surface area (Å²) < 4.78 is 11.2. The van der Waals surface area contributed by atoms with Crippen LogP contribution < -0.4 is 5.32 Å². The number of allylic oxidation sites excluding steroid dienone is 7. The molecule has 1 amide bonds. The first-order valence-corrected chi connectivity index (χ1v) is 23.4. The third-order valence-corrected chi connectivity index (χ3v) is 10.9. The minimum atomic E-state index is -1.58. The number of amides is 1. The summed E-state index contributed by atoms with van der Waals surface area (Å²) in [6.45, 7) is 3.73. The Morgan fingerprint density at radius 1 is 0.579 bits per heavy atom. The molecule has 332 valence electrons. The molecule has 0 spiro atoms. The van der Waals surface area contributed by atoms with Gasteiger partial charge in [-0.15, -0.1) is 0 Å². The predicted molar refractivity (Wildman–Crippen MR) is 235 cm³/mol. The summed E-state index contributed by atoms with van der Waals surface area (Å²) in [7, 11) is 0. The monoisotopic (exact) mass is 806 g/mol. The molecule has 0 aromatic carbocycles. The van der Waals surface area contributed by atoms with E-state index in [-0.39, 0.29) is 12.5 Å². The molecule has 0 aliphatic carbocycles. The highest BCUT2D eigenvalue weighted by molar-refractivity contribution is 5.76. The number of carbonyl (C=O) groups excluding carboxylic acids is 1. The molecular formula is C48H87NO8. The van der Waals surface area contributed by atoms with Crippen molar-refractivity contribution in [2.45, 2.75) is 236 Å². The Morgan fingerprint density at radius 3 is 1.47 bits per heavy atom. The lowest BCUT2D eigenvalue weighted by Crippen LogP contribution is -2.60. The molecule has 0 aromatic heterocycles. The van der Waals surface area contributed by atoms with E-state index < -0.39 is 49.5 Å². The fourth-order valence-electron chi connectivity index (χ4n) is 7.06. The summed E-state index contributed by atoms with van der Waals surface area (Å²) in [5, 5.41) is 54.1. The smallest absolute Gasteiger partial charge is 0.220 e. The van der Waals surface area contributed by atoms with Crippen LogP contribution in [0, 0.1) is 0 Å². The van der Waals surface area contributed by atoms with Crippen molar-refractivity contribution in [2.24, 2.45) is 0 Å². The zero-order valence-corrected chi connectivity index (χ0v) is 36.3. The second-order valence-corrected chi connectivity index (χ2v) is 16.2. The summed E-state index contributed by atoms with van der Waals surface area (Å²) in [5.41, 5.74) is 0. The Kier molecular flexibility index (Phi) is 35.8. The largest absolute Gasteiger partial charge is 0.394 e. The number of hydrogen-bond acceptors (Lipinski definition) is 8. The number of hydrogen-bond donors (Lipinski definition) is 6. The van der Waals surface area contributed by atoms with Crippen LogP contribution in [0.5, 0.6) is 0 Å². The number of carbonyl (C=O) groups is 1. The first-order valence-electron chi connectivity index (χ1n) is 23.4. The minimum Gasteiger partial charge on any atom is -0.394 e. The second kappa shape index (κ2) is 38.4. The van der Waals surface area contributed by atoms with Gasteiger partial charge in [-0.3, -0.25) is 4.79 Å². The van der Waals surface area contributed by atoms with E-state index in [0.29, 0.717) is 6.42 Å². The van der Waals surface area contributed by atoms with Crippen LogP contribution in [0.1, 0.15) is 194 Å². The van der Waals surface area contributed by atoms with Gasteiger partial charge in [-0.2, -0.15) is 0 Å². The maximum atomic E-state index is 13.0. The lowest BCUT2D eigenvalue weighted by molar-refractivity contribution is -0.302. The Bertz CT molecular complexity index is 1030. The van der Waals surface area contributed by atoms with Crippen molar-refractivity contribution in [1.29, 1.82) is 0 Å². The van der Waals surface area contributed by atoms with Gasteiger partial charge in [0.2, 0.25) is 5.91 Å². The van der Waals surface area contributed by atoms with Gasteiger partial charge in [-0.1, -0.05) is 165 Å². The van der Waals surface area contributed by atoms with Crippen molar-refractivity contribution in [3.63, 3.8) is 0 Å². The van der Waals surface area contributed by atoms with Crippen LogP contribution >= 0.6 is 0 Å². The number of ether oxygens (including phenoxy) is 2. The van der Waals surface area contributed by atoms with Gasteiger partial charge in [-0.25, -0.2) is 0 Å². The molecule has 0 aromatic rings. The summed E-state index contributed by atoms with van der Waals surface area (Å²) in [4.78, 5) is 13.0. The molecule has 1 aliphatic rings. The summed E-state index contributed by atoms with van der Waals surface area (Å²) in [6, 6.07) is -0.831. The van der Waals surface area contributed by atoms with E-state index in [0.717, 1.165) is 70.6 Å². The van der Waals surface area contributed by atoms with E-state index in [4.69, 9.17) is 9.47 Å². The Hall–Kier alpha value is -1.85. The van der Waals surface area contributed by atoms with Gasteiger partial charge >= 0.3 is 0 Å². The van der Waals surface area contributed by atoms with Gasteiger partial charge < -0.3 is 40.3 Å². The number of unbranched alkanes of at least 4 members (excludes halogenated alkanes) is 22. The van der Waals surface area contributed by atoms with Crippen molar-refractivity contribution in [3.8, 4) is 0 Å². The quantitative estimate of drug-likeness (QED) is 0.0267. The third-order valence-electron chi connectivity index (χ3n) is 10.9. The molecule has 57 heavy (non-hydrogen) atoms. The molecule has 0 radical (unpaired) electrons. The van der Waals surface area contributed by atoms with Crippen LogP contribution in [0.3, 0.4) is 0 Å². The third kappa shape index (κ3) is 29.1. The van der Waals surface area contributed by atoms with E-state index in [9.17, 15) is 30.3 Å². The Morgan fingerprint density at radius 2 is 1.00 bits per heavy atom. The standard InChI is InChI=1S/C48H87NO8/c1-3-5-7-9-11-13-15-17-19-21-22-24-26-28-30-32-34-36-38-44(52)49-41(40-56-48-47(55)46(54)45(53)43(39-50)57-48)42(51)37-35-33-31-29-27-25-23-20-18-16-14-12-10-8-6-4-2/h18,20,22,24,27,29,35,37,41-43,45-48,50-51,53-55H,3-17,19,21,23,25-26,28,30-34,36,38-40H2,1-2H3,(H,49,52)/b20-18+,24-22-,29-27+,37-35+. The van der Waals surface area contributed by atoms with E-state index in [1.165, 1.54) is 103 Å². The molecule has 7 atom stereocenters. The van der Waals surface area contributed by atoms with Gasteiger partial charge in [0.1, 0.15) is 24.4 Å². The van der Waals surface area contributed by atoms with Gasteiger partial charge in [0.15, 0.2) is 6.29 Å². The summed E-state index contributed by atoms with van der Waals surface area (Å²) >= 11 is 0. The van der Waals surface area contributed by atoms with E-state index >= 15 is 0 Å². The Labute approximate surface area is 348 Å². The van der Waals surface area contributed by atoms with Crippen molar-refractivity contribution in [2.75, 3.05) is 13.2 Å². The highest BCUT2D eigenvalue weighted by Crippen LogP contribution is 2.22. The van der Waals surface area contributed by atoms with Crippen molar-refractivity contribution in [1.82, 2.24) is 5.32 Å². The molecular weight excluding hydrogens is 719 g/mol. The van der Waals surface area contributed by atoms with Gasteiger partial charge in [-0.05, 0) is 70.6 Å². The first-order chi connectivity index (χ1) is 27.8. The highest BCUT2D eigenvalue weighted by Gasteiger charge is 2.44. The first kappa shape index (κ1) is 53.2. The fourth-order valence-corrected chi connectivity index (χ4v) is 7.06. The minimum absolute atomic E-state index is 0.201. The number of nitrogens with one attached hydrogen (secondary N) is 1. The molecule has 1 heterocycles. The normalized spacial score (nSPS) is 21.4. The molecule has 6 N–H and O–H groups in total. The average molecular weight is 806 g/mol. The topological polar surface area (TPSA) is 149 Å². The van der Waals surface area contributed by atoms with Gasteiger partial charge in [0.25, 0.3) is 0 Å². The second-order valence-electron chi connectivity index (χ2n) is 16.2. The summed E-state index contributed by atoms with van der Waals surface area (Å²) in [6.07, 6.45) is 41.5. The molecule has 1 fully saturated rings. The molecule has 9 nitrogen and oxygen atoms in total. The van der Waals surface area contributed by atoms with E-state index in [1.807, 2.05) is 6.08 Å². The molecule has 7 unspecified atom stereocenters. The zero-order valence-electron chi connectivity index (χ0n) is 36.3. The molecule has 1 rings (SSSR count). The van der Waals surface area contributed by atoms with Crippen LogP contribution in [0.2, 0.25) is 0 Å². The van der Waals surface area contributed by atoms with Crippen LogP contribution in [-0.4, -0.2) is 87.5 Å². The van der Waals surface area contributed by atoms with Crippen LogP contribution in [0.25, 0.3) is 0 Å². The van der Waals surface area contributed by atoms with Crippen molar-refractivity contribution < 1.29 is 39.8 Å². The Balaban J connectivity index is 2.40. The van der Waals surface area contributed by atoms with Crippen molar-refractivity contribution in [3.05, 3.63) is 48.6 Å². The van der Waals surface area contributed by atoms with Gasteiger partial charge in [0.05, 0.1) is 25.4 Å². The molecule has 1 saturated heterocycles. The van der Waals surface area contributed by atoms with E-state index in [2.05, 4.69) is 55.6 Å².